The molecule has 116 valence electrons. The van der Waals surface area contributed by atoms with Crippen molar-refractivity contribution in [1.82, 2.24) is 5.32 Å². The Balaban J connectivity index is 2.04. The summed E-state index contributed by atoms with van der Waals surface area (Å²) >= 11 is 0. The Hall–Kier alpha value is -1.65. The SMILES string of the molecule is CCCNc1c(F)cc(C(=O)NCC2(C)CCC2)cc1F. The van der Waals surface area contributed by atoms with Crippen LogP contribution in [0.1, 0.15) is 49.9 Å². The van der Waals surface area contributed by atoms with Crippen LogP contribution in [0.4, 0.5) is 14.5 Å². The fraction of sp³-hybridized carbons (Fsp3) is 0.562. The van der Waals surface area contributed by atoms with Gasteiger partial charge in [0.05, 0.1) is 0 Å². The first kappa shape index (κ1) is 15.7. The molecule has 0 radical (unpaired) electrons. The van der Waals surface area contributed by atoms with Gasteiger partial charge in [-0.2, -0.15) is 0 Å². The molecule has 5 heteroatoms. The molecule has 0 unspecified atom stereocenters. The van der Waals surface area contributed by atoms with Crippen LogP contribution in [-0.4, -0.2) is 19.0 Å². The molecular formula is C16H22F2N2O. The van der Waals surface area contributed by atoms with Crippen molar-refractivity contribution in [2.45, 2.75) is 39.5 Å². The van der Waals surface area contributed by atoms with Crippen molar-refractivity contribution in [2.75, 3.05) is 18.4 Å². The van der Waals surface area contributed by atoms with E-state index >= 15 is 0 Å². The Morgan fingerprint density at radius 2 is 1.90 bits per heavy atom. The first-order valence-corrected chi connectivity index (χ1v) is 7.46. The summed E-state index contributed by atoms with van der Waals surface area (Å²) in [4.78, 5) is 12.0. The van der Waals surface area contributed by atoms with Gasteiger partial charge in [-0.05, 0) is 36.8 Å². The van der Waals surface area contributed by atoms with Crippen molar-refractivity contribution in [3.8, 4) is 0 Å². The molecule has 1 amide bonds. The fourth-order valence-electron chi connectivity index (χ4n) is 2.48. The van der Waals surface area contributed by atoms with E-state index in [1.807, 2.05) is 6.92 Å². The molecule has 2 rings (SSSR count). The molecule has 0 aliphatic heterocycles. The number of nitrogens with one attached hydrogen (secondary N) is 2. The summed E-state index contributed by atoms with van der Waals surface area (Å²) in [5.74, 6) is -1.89. The van der Waals surface area contributed by atoms with Gasteiger partial charge in [0.1, 0.15) is 17.3 Å². The average Bonchev–Trinajstić information content (AvgIpc) is 2.41. The second-order valence-corrected chi connectivity index (χ2v) is 6.09. The van der Waals surface area contributed by atoms with E-state index in [1.165, 1.54) is 6.42 Å². The highest BCUT2D eigenvalue weighted by Gasteiger charge is 2.32. The van der Waals surface area contributed by atoms with E-state index in [9.17, 15) is 13.6 Å². The molecule has 0 atom stereocenters. The summed E-state index contributed by atoms with van der Waals surface area (Å²) in [6, 6.07) is 2.17. The van der Waals surface area contributed by atoms with Gasteiger partial charge in [0.25, 0.3) is 5.91 Å². The van der Waals surface area contributed by atoms with Crippen molar-refractivity contribution < 1.29 is 13.6 Å². The van der Waals surface area contributed by atoms with E-state index in [-0.39, 0.29) is 16.7 Å². The molecule has 1 fully saturated rings. The molecule has 1 saturated carbocycles. The second kappa shape index (κ2) is 6.41. The minimum atomic E-state index is -0.733. The molecule has 1 aliphatic carbocycles. The number of hydrogen-bond donors (Lipinski definition) is 2. The molecule has 2 N–H and O–H groups in total. The first-order chi connectivity index (χ1) is 9.95. The van der Waals surface area contributed by atoms with Crippen molar-refractivity contribution in [1.29, 1.82) is 0 Å². The molecule has 0 saturated heterocycles. The average molecular weight is 296 g/mol. The Bertz CT molecular complexity index is 504. The Morgan fingerprint density at radius 3 is 2.38 bits per heavy atom. The lowest BCUT2D eigenvalue weighted by atomic mass is 9.70. The number of amides is 1. The number of carbonyl (C=O) groups excluding carboxylic acids is 1. The highest BCUT2D eigenvalue weighted by atomic mass is 19.1. The number of hydrogen-bond acceptors (Lipinski definition) is 2. The normalized spacial score (nSPS) is 16.2. The van der Waals surface area contributed by atoms with Gasteiger partial charge < -0.3 is 10.6 Å². The number of halogens is 2. The van der Waals surface area contributed by atoms with Crippen LogP contribution in [0.15, 0.2) is 12.1 Å². The molecule has 0 aromatic heterocycles. The first-order valence-electron chi connectivity index (χ1n) is 7.46. The topological polar surface area (TPSA) is 41.1 Å². The molecule has 0 bridgehead atoms. The molecule has 1 aliphatic rings. The van der Waals surface area contributed by atoms with Crippen molar-refractivity contribution in [3.63, 3.8) is 0 Å². The van der Waals surface area contributed by atoms with Crippen LogP contribution >= 0.6 is 0 Å². The van der Waals surface area contributed by atoms with Gasteiger partial charge in [-0.1, -0.05) is 20.3 Å². The Labute approximate surface area is 124 Å². The number of rotatable bonds is 6. The molecule has 1 aromatic carbocycles. The molecule has 0 heterocycles. The van der Waals surface area contributed by atoms with Crippen LogP contribution in [0.25, 0.3) is 0 Å². The van der Waals surface area contributed by atoms with Gasteiger partial charge in [0.15, 0.2) is 0 Å². The lowest BCUT2D eigenvalue weighted by Crippen LogP contribution is -2.40. The predicted octanol–water partition coefficient (Wildman–Crippen LogP) is 3.71. The maximum Gasteiger partial charge on any atom is 0.251 e. The van der Waals surface area contributed by atoms with Crippen LogP contribution in [-0.2, 0) is 0 Å². The maximum absolute atomic E-state index is 13.9. The summed E-state index contributed by atoms with van der Waals surface area (Å²) in [5.41, 5.74) is -0.00984. The molecular weight excluding hydrogens is 274 g/mol. The van der Waals surface area contributed by atoms with Crippen molar-refractivity contribution in [3.05, 3.63) is 29.3 Å². The highest BCUT2D eigenvalue weighted by molar-refractivity contribution is 5.94. The van der Waals surface area contributed by atoms with Gasteiger partial charge in [0.2, 0.25) is 0 Å². The van der Waals surface area contributed by atoms with Crippen LogP contribution < -0.4 is 10.6 Å². The van der Waals surface area contributed by atoms with E-state index in [0.29, 0.717) is 13.1 Å². The standard InChI is InChI=1S/C16H22F2N2O/c1-3-7-19-14-12(17)8-11(9-13(14)18)15(21)20-10-16(2)5-4-6-16/h8-9,19H,3-7,10H2,1-2H3,(H,20,21). The smallest absolute Gasteiger partial charge is 0.251 e. The second-order valence-electron chi connectivity index (χ2n) is 6.09. The monoisotopic (exact) mass is 296 g/mol. The zero-order valence-electron chi connectivity index (χ0n) is 12.6. The lowest BCUT2D eigenvalue weighted by molar-refractivity contribution is 0.0890. The number of benzene rings is 1. The molecule has 21 heavy (non-hydrogen) atoms. The zero-order chi connectivity index (χ0) is 15.5. The zero-order valence-corrected chi connectivity index (χ0v) is 12.6. The number of carbonyl (C=O) groups is 1. The summed E-state index contributed by atoms with van der Waals surface area (Å²) in [5, 5.41) is 5.46. The fourth-order valence-corrected chi connectivity index (χ4v) is 2.48. The van der Waals surface area contributed by atoms with E-state index in [4.69, 9.17) is 0 Å². The van der Waals surface area contributed by atoms with Gasteiger partial charge >= 0.3 is 0 Å². The van der Waals surface area contributed by atoms with Gasteiger partial charge in [-0.3, -0.25) is 4.79 Å². The van der Waals surface area contributed by atoms with Gasteiger partial charge in [-0.15, -0.1) is 0 Å². The minimum Gasteiger partial charge on any atom is -0.380 e. The number of anilines is 1. The maximum atomic E-state index is 13.9. The van der Waals surface area contributed by atoms with Crippen LogP contribution in [0, 0.1) is 17.0 Å². The van der Waals surface area contributed by atoms with E-state index in [2.05, 4.69) is 17.6 Å². The van der Waals surface area contributed by atoms with Crippen LogP contribution in [0.3, 0.4) is 0 Å². The Kier molecular flexibility index (Phi) is 4.80. The predicted molar refractivity (Wildman–Crippen MR) is 79.4 cm³/mol. The summed E-state index contributed by atoms with van der Waals surface area (Å²) < 4.78 is 27.7. The highest BCUT2D eigenvalue weighted by Crippen LogP contribution is 2.39. The van der Waals surface area contributed by atoms with Crippen molar-refractivity contribution in [2.24, 2.45) is 5.41 Å². The van der Waals surface area contributed by atoms with Crippen molar-refractivity contribution >= 4 is 11.6 Å². The van der Waals surface area contributed by atoms with Crippen LogP contribution in [0.2, 0.25) is 0 Å². The largest absolute Gasteiger partial charge is 0.380 e. The van der Waals surface area contributed by atoms with Crippen LogP contribution in [0.5, 0.6) is 0 Å². The molecule has 0 spiro atoms. The van der Waals surface area contributed by atoms with E-state index in [0.717, 1.165) is 31.4 Å². The van der Waals surface area contributed by atoms with Gasteiger partial charge in [-0.25, -0.2) is 8.78 Å². The minimum absolute atomic E-state index is 0.0231. The third kappa shape index (κ3) is 3.71. The summed E-state index contributed by atoms with van der Waals surface area (Å²) in [7, 11) is 0. The Morgan fingerprint density at radius 1 is 1.29 bits per heavy atom. The molecule has 1 aromatic rings. The summed E-state index contributed by atoms with van der Waals surface area (Å²) in [6.07, 6.45) is 4.10. The third-order valence-corrected chi connectivity index (χ3v) is 4.09. The lowest BCUT2D eigenvalue weighted by Gasteiger charge is -2.38. The third-order valence-electron chi connectivity index (χ3n) is 4.09. The van der Waals surface area contributed by atoms with E-state index in [1.54, 1.807) is 0 Å². The van der Waals surface area contributed by atoms with E-state index < -0.39 is 17.5 Å². The quantitative estimate of drug-likeness (QED) is 0.840. The van der Waals surface area contributed by atoms with Gasteiger partial charge in [0, 0.05) is 18.7 Å². The molecule has 3 nitrogen and oxygen atoms in total. The summed E-state index contributed by atoms with van der Waals surface area (Å²) in [6.45, 7) is 5.05.